The van der Waals surface area contributed by atoms with Crippen molar-refractivity contribution < 1.29 is 4.74 Å². The fourth-order valence-corrected chi connectivity index (χ4v) is 4.40. The van der Waals surface area contributed by atoms with Crippen molar-refractivity contribution >= 4 is 34.8 Å². The lowest BCUT2D eigenvalue weighted by molar-refractivity contribution is 0.415. The van der Waals surface area contributed by atoms with Crippen LogP contribution in [0.25, 0.3) is 0 Å². The van der Waals surface area contributed by atoms with Crippen LogP contribution in [0.5, 0.6) is 5.75 Å². The van der Waals surface area contributed by atoms with Crippen molar-refractivity contribution in [3.8, 4) is 5.75 Å². The van der Waals surface area contributed by atoms with Crippen molar-refractivity contribution in [1.29, 1.82) is 0 Å². The summed E-state index contributed by atoms with van der Waals surface area (Å²) in [6.45, 7) is 0. The third kappa shape index (κ3) is 3.64. The molecule has 0 bridgehead atoms. The van der Waals surface area contributed by atoms with E-state index in [0.717, 1.165) is 34.2 Å². The molecule has 130 valence electrons. The molecular formula is C22H18ClNOS. The summed E-state index contributed by atoms with van der Waals surface area (Å²) < 4.78 is 5.28. The quantitative estimate of drug-likeness (QED) is 0.504. The number of thioether (sulfide) groups is 1. The number of benzene rings is 3. The molecule has 3 aromatic carbocycles. The molecule has 4 heteroatoms. The van der Waals surface area contributed by atoms with E-state index in [2.05, 4.69) is 42.5 Å². The molecule has 1 unspecified atom stereocenters. The molecule has 0 aliphatic carbocycles. The van der Waals surface area contributed by atoms with Gasteiger partial charge in [-0.1, -0.05) is 35.9 Å². The van der Waals surface area contributed by atoms with Crippen LogP contribution in [0.2, 0.25) is 5.02 Å². The van der Waals surface area contributed by atoms with Gasteiger partial charge in [-0.05, 0) is 59.7 Å². The molecule has 0 saturated heterocycles. The van der Waals surface area contributed by atoms with E-state index in [0.29, 0.717) is 0 Å². The monoisotopic (exact) mass is 379 g/mol. The van der Waals surface area contributed by atoms with Crippen LogP contribution < -0.4 is 4.74 Å². The smallest absolute Gasteiger partial charge is 0.118 e. The van der Waals surface area contributed by atoms with Gasteiger partial charge in [-0.15, -0.1) is 11.8 Å². The van der Waals surface area contributed by atoms with Crippen LogP contribution >= 0.6 is 23.4 Å². The molecule has 3 aromatic rings. The van der Waals surface area contributed by atoms with Crippen LogP contribution in [0.1, 0.15) is 22.8 Å². The van der Waals surface area contributed by atoms with Crippen LogP contribution in [0.15, 0.2) is 82.7 Å². The molecule has 1 heterocycles. The number of halogens is 1. The molecule has 0 spiro atoms. The Morgan fingerprint density at radius 2 is 1.69 bits per heavy atom. The molecule has 26 heavy (non-hydrogen) atoms. The molecule has 0 radical (unpaired) electrons. The minimum absolute atomic E-state index is 0.289. The van der Waals surface area contributed by atoms with Crippen LogP contribution in [0, 0.1) is 0 Å². The molecular weight excluding hydrogens is 362 g/mol. The van der Waals surface area contributed by atoms with Gasteiger partial charge < -0.3 is 4.74 Å². The van der Waals surface area contributed by atoms with E-state index in [9.17, 15) is 0 Å². The summed E-state index contributed by atoms with van der Waals surface area (Å²) in [5, 5.41) is 1.05. The Hall–Kier alpha value is -2.23. The number of hydrogen-bond acceptors (Lipinski definition) is 3. The standard InChI is InChI=1S/C22H18ClNOS/c1-25-18-12-8-15(9-13-18)20-14-22(16-6-10-17(23)11-7-16)26-21-5-3-2-4-19(21)24-20/h2-13,22H,14H2,1H3. The number of hydrogen-bond donors (Lipinski definition) is 0. The zero-order chi connectivity index (χ0) is 17.9. The number of ether oxygens (including phenoxy) is 1. The first kappa shape index (κ1) is 17.2. The van der Waals surface area contributed by atoms with Gasteiger partial charge in [0.15, 0.2) is 0 Å². The second-order valence-electron chi connectivity index (χ2n) is 6.12. The minimum atomic E-state index is 0.289. The van der Waals surface area contributed by atoms with E-state index < -0.39 is 0 Å². The third-order valence-corrected chi connectivity index (χ3v) is 6.01. The first-order chi connectivity index (χ1) is 12.7. The van der Waals surface area contributed by atoms with Gasteiger partial charge >= 0.3 is 0 Å². The van der Waals surface area contributed by atoms with Gasteiger partial charge in [0.2, 0.25) is 0 Å². The summed E-state index contributed by atoms with van der Waals surface area (Å²) in [6.07, 6.45) is 0.854. The fourth-order valence-electron chi connectivity index (χ4n) is 3.04. The van der Waals surface area contributed by atoms with Crippen LogP contribution in [-0.2, 0) is 0 Å². The number of para-hydroxylation sites is 1. The molecule has 1 aliphatic rings. The Labute approximate surface area is 162 Å². The Balaban J connectivity index is 1.76. The molecule has 0 N–H and O–H groups in total. The Bertz CT molecular complexity index is 935. The Kier molecular flexibility index (Phi) is 5.00. The van der Waals surface area contributed by atoms with Gasteiger partial charge in [-0.25, -0.2) is 0 Å². The number of aliphatic imine (C=N–C) groups is 1. The number of rotatable bonds is 3. The second kappa shape index (κ2) is 7.56. The summed E-state index contributed by atoms with van der Waals surface area (Å²) in [4.78, 5) is 6.19. The molecule has 0 saturated carbocycles. The summed E-state index contributed by atoms with van der Waals surface area (Å²) >= 11 is 7.94. The van der Waals surface area contributed by atoms with Gasteiger partial charge in [0.05, 0.1) is 12.8 Å². The lowest BCUT2D eigenvalue weighted by Gasteiger charge is -2.16. The highest BCUT2D eigenvalue weighted by atomic mass is 35.5. The maximum absolute atomic E-state index is 6.07. The molecule has 0 amide bonds. The van der Waals surface area contributed by atoms with E-state index in [1.807, 2.05) is 42.1 Å². The molecule has 1 atom stereocenters. The van der Waals surface area contributed by atoms with Crippen LogP contribution in [0.4, 0.5) is 5.69 Å². The summed E-state index contributed by atoms with van der Waals surface area (Å²) in [7, 11) is 1.68. The SMILES string of the molecule is COc1ccc(C2=Nc3ccccc3SC(c3ccc(Cl)cc3)C2)cc1. The van der Waals surface area contributed by atoms with Crippen molar-refractivity contribution in [3.05, 3.63) is 88.9 Å². The molecule has 1 aliphatic heterocycles. The first-order valence-corrected chi connectivity index (χ1v) is 9.72. The van der Waals surface area contributed by atoms with E-state index in [-0.39, 0.29) is 5.25 Å². The predicted molar refractivity (Wildman–Crippen MR) is 110 cm³/mol. The largest absolute Gasteiger partial charge is 0.497 e. The summed E-state index contributed by atoms with van der Waals surface area (Å²) in [6, 6.07) is 24.6. The average molecular weight is 380 g/mol. The zero-order valence-corrected chi connectivity index (χ0v) is 15.9. The zero-order valence-electron chi connectivity index (χ0n) is 14.4. The lowest BCUT2D eigenvalue weighted by Crippen LogP contribution is -2.05. The maximum atomic E-state index is 6.07. The van der Waals surface area contributed by atoms with Gasteiger partial charge in [-0.3, -0.25) is 4.99 Å². The lowest BCUT2D eigenvalue weighted by atomic mass is 10.0. The molecule has 4 rings (SSSR count). The van der Waals surface area contributed by atoms with Gasteiger partial charge in [-0.2, -0.15) is 0 Å². The van der Waals surface area contributed by atoms with Crippen molar-refractivity contribution in [2.24, 2.45) is 4.99 Å². The highest BCUT2D eigenvalue weighted by Crippen LogP contribution is 2.45. The Morgan fingerprint density at radius 3 is 2.42 bits per heavy atom. The molecule has 2 nitrogen and oxygen atoms in total. The number of nitrogens with zero attached hydrogens (tertiary/aromatic N) is 1. The van der Waals surface area contributed by atoms with Crippen LogP contribution in [-0.4, -0.2) is 12.8 Å². The second-order valence-corrected chi connectivity index (χ2v) is 7.80. The van der Waals surface area contributed by atoms with Gasteiger partial charge in [0, 0.05) is 27.3 Å². The van der Waals surface area contributed by atoms with E-state index in [4.69, 9.17) is 21.3 Å². The van der Waals surface area contributed by atoms with Crippen LogP contribution in [0.3, 0.4) is 0 Å². The first-order valence-electron chi connectivity index (χ1n) is 8.46. The van der Waals surface area contributed by atoms with Crippen molar-refractivity contribution in [2.45, 2.75) is 16.6 Å². The normalized spacial score (nSPS) is 16.4. The van der Waals surface area contributed by atoms with Crippen molar-refractivity contribution in [3.63, 3.8) is 0 Å². The van der Waals surface area contributed by atoms with Gasteiger partial charge in [0.1, 0.15) is 5.75 Å². The minimum Gasteiger partial charge on any atom is -0.497 e. The topological polar surface area (TPSA) is 21.6 Å². The summed E-state index contributed by atoms with van der Waals surface area (Å²) in [5.74, 6) is 0.854. The Morgan fingerprint density at radius 1 is 0.962 bits per heavy atom. The highest BCUT2D eigenvalue weighted by Gasteiger charge is 2.22. The average Bonchev–Trinajstić information content (AvgIpc) is 2.88. The third-order valence-electron chi connectivity index (χ3n) is 4.43. The van der Waals surface area contributed by atoms with E-state index >= 15 is 0 Å². The maximum Gasteiger partial charge on any atom is 0.118 e. The van der Waals surface area contributed by atoms with E-state index in [1.54, 1.807) is 7.11 Å². The fraction of sp³-hybridized carbons (Fsp3) is 0.136. The predicted octanol–water partition coefficient (Wildman–Crippen LogP) is 6.71. The van der Waals surface area contributed by atoms with Crippen molar-refractivity contribution in [1.82, 2.24) is 0 Å². The number of fused-ring (bicyclic) bond motifs is 1. The van der Waals surface area contributed by atoms with Crippen molar-refractivity contribution in [2.75, 3.05) is 7.11 Å². The molecule has 0 aromatic heterocycles. The highest BCUT2D eigenvalue weighted by molar-refractivity contribution is 7.99. The molecule has 0 fully saturated rings. The number of methoxy groups -OCH3 is 1. The summed E-state index contributed by atoms with van der Waals surface area (Å²) in [5.41, 5.74) is 4.50. The van der Waals surface area contributed by atoms with E-state index in [1.165, 1.54) is 10.5 Å². The van der Waals surface area contributed by atoms with Gasteiger partial charge in [0.25, 0.3) is 0 Å².